The second kappa shape index (κ2) is 10.6. The first kappa shape index (κ1) is 26.4. The smallest absolute Gasteiger partial charge is 0.255 e. The summed E-state index contributed by atoms with van der Waals surface area (Å²) in [5, 5.41) is 3.38. The molecule has 0 unspecified atom stereocenters. The van der Waals surface area contributed by atoms with Gasteiger partial charge in [0.15, 0.2) is 5.82 Å². The van der Waals surface area contributed by atoms with Crippen LogP contribution < -0.4 is 15.0 Å². The maximum absolute atomic E-state index is 13.2. The summed E-state index contributed by atoms with van der Waals surface area (Å²) < 4.78 is 8.15. The van der Waals surface area contributed by atoms with Gasteiger partial charge in [-0.05, 0) is 69.0 Å². The minimum Gasteiger partial charge on any atom is -0.457 e. The SMILES string of the molecule is Cc1cc(Nc2ncnc3ccc(N4C[C@H](C)/C(=C\CN(C)C)C4=O)nc23)ccc1Oc1ccc2c(c1)ncn2C. The lowest BCUT2D eigenvalue weighted by molar-refractivity contribution is -0.114. The number of ether oxygens (including phenoxy) is 1. The van der Waals surface area contributed by atoms with Crippen molar-refractivity contribution in [2.75, 3.05) is 37.4 Å². The van der Waals surface area contributed by atoms with Crippen LogP contribution in [0.25, 0.3) is 22.1 Å². The number of rotatable bonds is 7. The Bertz CT molecular complexity index is 1810. The van der Waals surface area contributed by atoms with E-state index in [4.69, 9.17) is 9.72 Å². The van der Waals surface area contributed by atoms with Crippen LogP contribution >= 0.6 is 0 Å². The first-order valence-corrected chi connectivity index (χ1v) is 13.5. The predicted octanol–water partition coefficient (Wildman–Crippen LogP) is 5.23. The highest BCUT2D eigenvalue weighted by atomic mass is 16.5. The molecule has 0 bridgehead atoms. The number of amides is 1. The van der Waals surface area contributed by atoms with Crippen LogP contribution in [0, 0.1) is 12.8 Å². The van der Waals surface area contributed by atoms with Crippen LogP contribution in [0.1, 0.15) is 12.5 Å². The van der Waals surface area contributed by atoms with Crippen LogP contribution in [0.4, 0.5) is 17.3 Å². The number of nitrogens with one attached hydrogen (secondary N) is 1. The summed E-state index contributed by atoms with van der Waals surface area (Å²) in [4.78, 5) is 35.1. The molecule has 10 nitrogen and oxygen atoms in total. The summed E-state index contributed by atoms with van der Waals surface area (Å²) in [6, 6.07) is 15.5. The van der Waals surface area contributed by atoms with Gasteiger partial charge in [-0.3, -0.25) is 9.69 Å². The zero-order valence-electron chi connectivity index (χ0n) is 23.8. The largest absolute Gasteiger partial charge is 0.457 e. The second-order valence-corrected chi connectivity index (χ2v) is 10.7. The Hall–Kier alpha value is -4.83. The van der Waals surface area contributed by atoms with E-state index >= 15 is 0 Å². The Morgan fingerprint density at radius 3 is 2.73 bits per heavy atom. The van der Waals surface area contributed by atoms with Crippen molar-refractivity contribution in [3.63, 3.8) is 0 Å². The number of imidazole rings is 1. The highest BCUT2D eigenvalue weighted by Gasteiger charge is 2.34. The van der Waals surface area contributed by atoms with Crippen LogP contribution in [-0.4, -0.2) is 62.5 Å². The molecule has 1 saturated heterocycles. The topological polar surface area (TPSA) is 101 Å². The zero-order valence-corrected chi connectivity index (χ0v) is 23.8. The van der Waals surface area contributed by atoms with E-state index in [-0.39, 0.29) is 11.8 Å². The minimum absolute atomic E-state index is 0.00836. The number of benzene rings is 2. The molecular weight excluding hydrogens is 516 g/mol. The number of carbonyl (C=O) groups is 1. The van der Waals surface area contributed by atoms with Gasteiger partial charge in [0.25, 0.3) is 5.91 Å². The lowest BCUT2D eigenvalue weighted by atomic mass is 10.0. The van der Waals surface area contributed by atoms with E-state index in [9.17, 15) is 4.79 Å². The van der Waals surface area contributed by atoms with Crippen molar-refractivity contribution < 1.29 is 9.53 Å². The Morgan fingerprint density at radius 2 is 1.93 bits per heavy atom. The highest BCUT2D eigenvalue weighted by molar-refractivity contribution is 6.08. The third-order valence-corrected chi connectivity index (χ3v) is 7.26. The van der Waals surface area contributed by atoms with E-state index < -0.39 is 0 Å². The maximum Gasteiger partial charge on any atom is 0.255 e. The molecule has 41 heavy (non-hydrogen) atoms. The van der Waals surface area contributed by atoms with Gasteiger partial charge in [0.05, 0.1) is 22.9 Å². The number of aromatic nitrogens is 5. The highest BCUT2D eigenvalue weighted by Crippen LogP contribution is 2.32. The van der Waals surface area contributed by atoms with Crippen molar-refractivity contribution in [3.05, 3.63) is 78.4 Å². The van der Waals surface area contributed by atoms with Crippen molar-refractivity contribution in [1.82, 2.24) is 29.4 Å². The zero-order chi connectivity index (χ0) is 28.7. The van der Waals surface area contributed by atoms with E-state index in [2.05, 4.69) is 27.2 Å². The Labute approximate surface area is 238 Å². The first-order valence-electron chi connectivity index (χ1n) is 13.5. The molecule has 1 aliphatic heterocycles. The molecule has 0 radical (unpaired) electrons. The van der Waals surface area contributed by atoms with Gasteiger partial charge >= 0.3 is 0 Å². The monoisotopic (exact) mass is 548 g/mol. The fourth-order valence-corrected chi connectivity index (χ4v) is 5.05. The molecule has 10 heteroatoms. The molecule has 3 aromatic heterocycles. The molecule has 1 atom stereocenters. The number of fused-ring (bicyclic) bond motifs is 2. The third kappa shape index (κ3) is 5.21. The Balaban J connectivity index is 1.24. The number of carbonyl (C=O) groups excluding carboxylic acids is 1. The Morgan fingerprint density at radius 1 is 1.07 bits per heavy atom. The summed E-state index contributed by atoms with van der Waals surface area (Å²) in [7, 11) is 5.95. The quantitative estimate of drug-likeness (QED) is 0.276. The van der Waals surface area contributed by atoms with Crippen LogP contribution in [0.15, 0.2) is 72.8 Å². The van der Waals surface area contributed by atoms with E-state index in [0.717, 1.165) is 45.9 Å². The van der Waals surface area contributed by atoms with Gasteiger partial charge in [-0.2, -0.15) is 0 Å². The third-order valence-electron chi connectivity index (χ3n) is 7.26. The van der Waals surface area contributed by atoms with Crippen LogP contribution in [0.5, 0.6) is 11.5 Å². The van der Waals surface area contributed by atoms with Gasteiger partial charge in [-0.15, -0.1) is 0 Å². The number of likely N-dealkylation sites (N-methyl/N-ethyl adjacent to an activating group) is 1. The molecule has 1 amide bonds. The average Bonchev–Trinajstić information content (AvgIpc) is 3.46. The van der Waals surface area contributed by atoms with Gasteiger partial charge in [0.1, 0.15) is 29.2 Å². The van der Waals surface area contributed by atoms with E-state index in [0.29, 0.717) is 29.2 Å². The number of hydrogen-bond donors (Lipinski definition) is 1. The minimum atomic E-state index is -0.00836. The molecule has 1 fully saturated rings. The van der Waals surface area contributed by atoms with Crippen molar-refractivity contribution in [2.45, 2.75) is 13.8 Å². The summed E-state index contributed by atoms with van der Waals surface area (Å²) in [5.41, 5.74) is 5.83. The molecule has 0 saturated carbocycles. The van der Waals surface area contributed by atoms with Crippen molar-refractivity contribution in [3.8, 4) is 11.5 Å². The number of hydrogen-bond acceptors (Lipinski definition) is 8. The van der Waals surface area contributed by atoms with Crippen LogP contribution in [0.3, 0.4) is 0 Å². The van der Waals surface area contributed by atoms with Gasteiger partial charge in [0, 0.05) is 43.4 Å². The van der Waals surface area contributed by atoms with Crippen molar-refractivity contribution in [1.29, 1.82) is 0 Å². The number of pyridine rings is 1. The average molecular weight is 549 g/mol. The van der Waals surface area contributed by atoms with E-state index in [1.54, 1.807) is 11.2 Å². The van der Waals surface area contributed by atoms with E-state index in [1.807, 2.05) is 92.1 Å². The standard InChI is InChI=1S/C31H32N8O2/c1-19-14-21(6-10-27(19)41-22-7-9-26-25(15-22)34-18-38(26)5)35-30-29-24(32-17-33-30)8-11-28(36-29)39-16-20(2)23(31(39)40)12-13-37(3)4/h6-12,14-15,17-18,20H,13,16H2,1-5H3,(H,32,33,35)/b23-12+/t20-/m0/s1. The van der Waals surface area contributed by atoms with Gasteiger partial charge in [0.2, 0.25) is 0 Å². The first-order chi connectivity index (χ1) is 19.8. The molecule has 1 N–H and O–H groups in total. The van der Waals surface area contributed by atoms with Gasteiger partial charge in [-0.25, -0.2) is 19.9 Å². The summed E-state index contributed by atoms with van der Waals surface area (Å²) >= 11 is 0. The fourth-order valence-electron chi connectivity index (χ4n) is 5.05. The lowest BCUT2D eigenvalue weighted by Crippen LogP contribution is -2.26. The molecule has 0 spiro atoms. The summed E-state index contributed by atoms with van der Waals surface area (Å²) in [6.45, 7) is 5.37. The summed E-state index contributed by atoms with van der Waals surface area (Å²) in [5.74, 6) is 2.74. The molecule has 5 aromatic rings. The fraction of sp³-hybridized carbons (Fsp3) is 0.258. The number of nitrogens with zero attached hydrogens (tertiary/aromatic N) is 7. The summed E-state index contributed by atoms with van der Waals surface area (Å²) in [6.07, 6.45) is 5.31. The molecular formula is C31H32N8O2. The molecule has 0 aliphatic carbocycles. The van der Waals surface area contributed by atoms with Gasteiger partial charge < -0.3 is 19.5 Å². The molecule has 208 valence electrons. The van der Waals surface area contributed by atoms with E-state index in [1.165, 1.54) is 6.33 Å². The normalized spacial score (nSPS) is 16.4. The van der Waals surface area contributed by atoms with Crippen molar-refractivity contribution >= 4 is 45.3 Å². The second-order valence-electron chi connectivity index (χ2n) is 10.7. The van der Waals surface area contributed by atoms with Crippen LogP contribution in [-0.2, 0) is 11.8 Å². The molecule has 2 aromatic carbocycles. The van der Waals surface area contributed by atoms with Crippen LogP contribution in [0.2, 0.25) is 0 Å². The predicted molar refractivity (Wildman–Crippen MR) is 161 cm³/mol. The number of aryl methyl sites for hydroxylation is 2. The van der Waals surface area contributed by atoms with Gasteiger partial charge in [-0.1, -0.05) is 13.0 Å². The number of anilines is 3. The molecule has 6 rings (SSSR count). The Kier molecular flexibility index (Phi) is 6.84. The van der Waals surface area contributed by atoms with Crippen molar-refractivity contribution in [2.24, 2.45) is 13.0 Å². The molecule has 4 heterocycles. The maximum atomic E-state index is 13.2. The molecule has 1 aliphatic rings. The lowest BCUT2D eigenvalue weighted by Gasteiger charge is -2.16.